The quantitative estimate of drug-likeness (QED) is 0.624. The normalized spacial score (nSPS) is 10.7. The van der Waals surface area contributed by atoms with E-state index in [1.807, 2.05) is 18.2 Å². The third-order valence-electron chi connectivity index (χ3n) is 2.08. The van der Waals surface area contributed by atoms with Crippen molar-refractivity contribution in [2.75, 3.05) is 0 Å². The number of nitrogens with zero attached hydrogens (tertiary/aromatic N) is 3. The highest BCUT2D eigenvalue weighted by Crippen LogP contribution is 2.27. The topological polar surface area (TPSA) is 38.7 Å². The van der Waals surface area contributed by atoms with Gasteiger partial charge in [0.2, 0.25) is 0 Å². The van der Waals surface area contributed by atoms with Crippen molar-refractivity contribution in [3.8, 4) is 10.7 Å². The summed E-state index contributed by atoms with van der Waals surface area (Å²) in [6.07, 6.45) is 5.08. The largest absolute Gasteiger partial charge is 0.261 e. The van der Waals surface area contributed by atoms with Gasteiger partial charge >= 0.3 is 0 Å². The zero-order chi connectivity index (χ0) is 10.1. The molecule has 3 aromatic rings. The standard InChI is InChI=1S/C11H7N3S/c1-2-4-10-8(3-1)14-11(15-10)9-7-12-5-6-13-9/h1-7H. The van der Waals surface area contributed by atoms with Crippen molar-refractivity contribution >= 4 is 21.6 Å². The van der Waals surface area contributed by atoms with Crippen molar-refractivity contribution < 1.29 is 0 Å². The van der Waals surface area contributed by atoms with Gasteiger partial charge in [-0.2, -0.15) is 0 Å². The molecule has 2 heterocycles. The van der Waals surface area contributed by atoms with E-state index in [2.05, 4.69) is 21.0 Å². The van der Waals surface area contributed by atoms with Crippen LogP contribution in [-0.2, 0) is 0 Å². The summed E-state index contributed by atoms with van der Waals surface area (Å²) in [4.78, 5) is 12.8. The number of rotatable bonds is 1. The molecule has 2 aromatic heterocycles. The predicted octanol–water partition coefficient (Wildman–Crippen LogP) is 2.75. The van der Waals surface area contributed by atoms with Crippen LogP contribution in [0, 0.1) is 0 Å². The zero-order valence-corrected chi connectivity index (χ0v) is 8.61. The van der Waals surface area contributed by atoms with Gasteiger partial charge in [0.1, 0.15) is 10.7 Å². The lowest BCUT2D eigenvalue weighted by Gasteiger charge is -1.90. The molecule has 15 heavy (non-hydrogen) atoms. The molecule has 0 radical (unpaired) electrons. The molecule has 0 unspecified atom stereocenters. The van der Waals surface area contributed by atoms with Crippen molar-refractivity contribution in [2.24, 2.45) is 0 Å². The maximum atomic E-state index is 4.50. The lowest BCUT2D eigenvalue weighted by Crippen LogP contribution is -1.81. The molecule has 72 valence electrons. The molecular formula is C11H7N3S. The Morgan fingerprint density at radius 2 is 2.00 bits per heavy atom. The van der Waals surface area contributed by atoms with Gasteiger partial charge in [0.15, 0.2) is 0 Å². The van der Waals surface area contributed by atoms with E-state index in [0.29, 0.717) is 0 Å². The van der Waals surface area contributed by atoms with Gasteiger partial charge in [-0.1, -0.05) is 12.1 Å². The van der Waals surface area contributed by atoms with Gasteiger partial charge in [0, 0.05) is 12.4 Å². The van der Waals surface area contributed by atoms with E-state index in [4.69, 9.17) is 0 Å². The summed E-state index contributed by atoms with van der Waals surface area (Å²) in [5.74, 6) is 0. The second-order valence-electron chi connectivity index (χ2n) is 3.08. The molecule has 3 rings (SSSR count). The molecule has 3 nitrogen and oxygen atoms in total. The van der Waals surface area contributed by atoms with Crippen LogP contribution in [0.5, 0.6) is 0 Å². The van der Waals surface area contributed by atoms with Gasteiger partial charge in [0.25, 0.3) is 0 Å². The highest BCUT2D eigenvalue weighted by molar-refractivity contribution is 7.21. The fraction of sp³-hybridized carbons (Fsp3) is 0. The van der Waals surface area contributed by atoms with E-state index in [9.17, 15) is 0 Å². The van der Waals surface area contributed by atoms with Gasteiger partial charge in [-0.3, -0.25) is 9.97 Å². The number of hydrogen-bond acceptors (Lipinski definition) is 4. The maximum Gasteiger partial charge on any atom is 0.144 e. The van der Waals surface area contributed by atoms with E-state index >= 15 is 0 Å². The first-order valence-corrected chi connectivity index (χ1v) is 5.37. The smallest absolute Gasteiger partial charge is 0.144 e. The molecule has 0 atom stereocenters. The van der Waals surface area contributed by atoms with Crippen LogP contribution < -0.4 is 0 Å². The lowest BCUT2D eigenvalue weighted by atomic mass is 10.3. The Morgan fingerprint density at radius 3 is 2.80 bits per heavy atom. The summed E-state index contributed by atoms with van der Waals surface area (Å²) in [6, 6.07) is 8.07. The van der Waals surface area contributed by atoms with Gasteiger partial charge in [-0.05, 0) is 12.1 Å². The molecule has 0 saturated heterocycles. The summed E-state index contributed by atoms with van der Waals surface area (Å²) in [5.41, 5.74) is 1.85. The first-order chi connectivity index (χ1) is 7.43. The van der Waals surface area contributed by atoms with Crippen LogP contribution in [-0.4, -0.2) is 15.0 Å². The molecule has 0 bridgehead atoms. The minimum Gasteiger partial charge on any atom is -0.261 e. The van der Waals surface area contributed by atoms with Crippen LogP contribution in [0.4, 0.5) is 0 Å². The summed E-state index contributed by atoms with van der Waals surface area (Å²) in [6.45, 7) is 0. The van der Waals surface area contributed by atoms with Crippen LogP contribution in [0.25, 0.3) is 20.9 Å². The van der Waals surface area contributed by atoms with E-state index in [0.717, 1.165) is 16.2 Å². The molecule has 0 aliphatic rings. The Balaban J connectivity index is 2.21. The van der Waals surface area contributed by atoms with Gasteiger partial charge in [-0.15, -0.1) is 11.3 Å². The maximum absolute atomic E-state index is 4.50. The van der Waals surface area contributed by atoms with Gasteiger partial charge in [0.05, 0.1) is 16.4 Å². The number of para-hydroxylation sites is 1. The van der Waals surface area contributed by atoms with Crippen LogP contribution in [0.3, 0.4) is 0 Å². The second kappa shape index (κ2) is 3.40. The monoisotopic (exact) mass is 213 g/mol. The van der Waals surface area contributed by atoms with Crippen molar-refractivity contribution in [1.29, 1.82) is 0 Å². The molecule has 0 N–H and O–H groups in total. The fourth-order valence-electron chi connectivity index (χ4n) is 1.39. The summed E-state index contributed by atoms with van der Waals surface area (Å²) in [5, 5.41) is 0.921. The third-order valence-corrected chi connectivity index (χ3v) is 3.14. The van der Waals surface area contributed by atoms with Crippen LogP contribution in [0.2, 0.25) is 0 Å². The van der Waals surface area contributed by atoms with Crippen molar-refractivity contribution in [2.45, 2.75) is 0 Å². The van der Waals surface area contributed by atoms with Crippen molar-refractivity contribution in [1.82, 2.24) is 15.0 Å². The molecule has 1 aromatic carbocycles. The van der Waals surface area contributed by atoms with Gasteiger partial charge < -0.3 is 0 Å². The number of fused-ring (bicyclic) bond motifs is 1. The highest BCUT2D eigenvalue weighted by atomic mass is 32.1. The Morgan fingerprint density at radius 1 is 1.07 bits per heavy atom. The fourth-order valence-corrected chi connectivity index (χ4v) is 2.32. The Labute approximate surface area is 90.5 Å². The molecular weight excluding hydrogens is 206 g/mol. The van der Waals surface area contributed by atoms with Crippen LogP contribution in [0.15, 0.2) is 42.9 Å². The molecule has 0 aliphatic heterocycles. The number of thiazole rings is 1. The minimum absolute atomic E-state index is 0.832. The summed E-state index contributed by atoms with van der Waals surface area (Å²) in [7, 11) is 0. The van der Waals surface area contributed by atoms with Crippen molar-refractivity contribution in [3.63, 3.8) is 0 Å². The van der Waals surface area contributed by atoms with Crippen LogP contribution in [0.1, 0.15) is 0 Å². The number of hydrogen-bond donors (Lipinski definition) is 0. The van der Waals surface area contributed by atoms with E-state index in [1.54, 1.807) is 29.9 Å². The van der Waals surface area contributed by atoms with Crippen molar-refractivity contribution in [3.05, 3.63) is 42.9 Å². The number of aromatic nitrogens is 3. The summed E-state index contributed by atoms with van der Waals surface area (Å²) >= 11 is 1.64. The lowest BCUT2D eigenvalue weighted by molar-refractivity contribution is 1.20. The second-order valence-corrected chi connectivity index (χ2v) is 4.11. The predicted molar refractivity (Wildman–Crippen MR) is 60.6 cm³/mol. The third kappa shape index (κ3) is 1.49. The molecule has 0 spiro atoms. The van der Waals surface area contributed by atoms with E-state index < -0.39 is 0 Å². The number of benzene rings is 1. The molecule has 0 aliphatic carbocycles. The van der Waals surface area contributed by atoms with E-state index in [1.165, 1.54) is 4.70 Å². The van der Waals surface area contributed by atoms with Crippen LogP contribution >= 0.6 is 11.3 Å². The minimum atomic E-state index is 0.832. The average Bonchev–Trinajstić information content (AvgIpc) is 2.74. The van der Waals surface area contributed by atoms with Gasteiger partial charge in [-0.25, -0.2) is 4.98 Å². The first-order valence-electron chi connectivity index (χ1n) is 4.55. The zero-order valence-electron chi connectivity index (χ0n) is 7.79. The highest BCUT2D eigenvalue weighted by Gasteiger charge is 2.05. The first kappa shape index (κ1) is 8.49. The van der Waals surface area contributed by atoms with E-state index in [-0.39, 0.29) is 0 Å². The Kier molecular flexibility index (Phi) is 1.93. The summed E-state index contributed by atoms with van der Waals surface area (Å²) < 4.78 is 1.18. The Hall–Kier alpha value is -1.81. The molecule has 4 heteroatoms. The SMILES string of the molecule is c1ccc2sc(-c3cnccn3)nc2c1. The average molecular weight is 213 g/mol. The molecule has 0 fully saturated rings. The molecule has 0 amide bonds. The molecule has 0 saturated carbocycles. The Bertz CT molecular complexity index is 556.